The van der Waals surface area contributed by atoms with Crippen LogP contribution in [0.4, 0.5) is 5.82 Å². The molecule has 3 heterocycles. The minimum absolute atomic E-state index is 0.464. The van der Waals surface area contributed by atoms with Crippen molar-refractivity contribution in [2.24, 2.45) is 0 Å². The number of fused-ring (bicyclic) bond motifs is 1. The first-order valence-electron chi connectivity index (χ1n) is 10.2. The SMILES string of the molecule is C=CCNC(=S)Nc1ccc2ncc(-c3cnn(CCOCCOCCOC)c3)nc2n1. The zero-order valence-electron chi connectivity index (χ0n) is 18.0. The van der Waals surface area contributed by atoms with Gasteiger partial charge in [0, 0.05) is 25.4 Å². The van der Waals surface area contributed by atoms with Crippen LogP contribution in [0.15, 0.2) is 43.4 Å². The zero-order valence-corrected chi connectivity index (χ0v) is 18.8. The smallest absolute Gasteiger partial charge is 0.180 e. The molecule has 0 bridgehead atoms. The molecule has 0 fully saturated rings. The Morgan fingerprint density at radius 3 is 2.75 bits per heavy atom. The molecular formula is C21H27N7O3S. The lowest BCUT2D eigenvalue weighted by Crippen LogP contribution is -2.28. The molecule has 32 heavy (non-hydrogen) atoms. The second-order valence-electron chi connectivity index (χ2n) is 6.63. The number of nitrogens with one attached hydrogen (secondary N) is 2. The Balaban J connectivity index is 1.55. The van der Waals surface area contributed by atoms with Crippen LogP contribution in [0, 0.1) is 0 Å². The second kappa shape index (κ2) is 12.8. The number of hydrogen-bond donors (Lipinski definition) is 2. The van der Waals surface area contributed by atoms with Crippen molar-refractivity contribution in [3.8, 4) is 11.3 Å². The molecule has 170 valence electrons. The number of methoxy groups -OCH3 is 1. The van der Waals surface area contributed by atoms with Crippen molar-refractivity contribution in [1.29, 1.82) is 0 Å². The molecule has 0 saturated heterocycles. The van der Waals surface area contributed by atoms with Crippen molar-refractivity contribution >= 4 is 34.3 Å². The third-order valence-corrected chi connectivity index (χ3v) is 4.50. The van der Waals surface area contributed by atoms with Gasteiger partial charge in [-0.3, -0.25) is 9.67 Å². The summed E-state index contributed by atoms with van der Waals surface area (Å²) >= 11 is 5.22. The van der Waals surface area contributed by atoms with Crippen molar-refractivity contribution in [2.75, 3.05) is 52.0 Å². The van der Waals surface area contributed by atoms with Gasteiger partial charge in [0.1, 0.15) is 11.3 Å². The minimum Gasteiger partial charge on any atom is -0.382 e. The quantitative estimate of drug-likeness (QED) is 0.225. The minimum atomic E-state index is 0.464. The Kier molecular flexibility index (Phi) is 9.44. The van der Waals surface area contributed by atoms with E-state index in [9.17, 15) is 0 Å². The van der Waals surface area contributed by atoms with E-state index < -0.39 is 0 Å². The van der Waals surface area contributed by atoms with Crippen LogP contribution in [0.3, 0.4) is 0 Å². The van der Waals surface area contributed by atoms with E-state index >= 15 is 0 Å². The van der Waals surface area contributed by atoms with Crippen LogP contribution >= 0.6 is 12.2 Å². The fourth-order valence-corrected chi connectivity index (χ4v) is 2.86. The topological polar surface area (TPSA) is 108 Å². The van der Waals surface area contributed by atoms with Gasteiger partial charge in [-0.25, -0.2) is 9.97 Å². The largest absolute Gasteiger partial charge is 0.382 e. The molecule has 0 amide bonds. The van der Waals surface area contributed by atoms with E-state index in [0.717, 1.165) is 5.56 Å². The predicted octanol–water partition coefficient (Wildman–Crippen LogP) is 2.04. The van der Waals surface area contributed by atoms with Gasteiger partial charge >= 0.3 is 0 Å². The van der Waals surface area contributed by atoms with Gasteiger partial charge in [-0.1, -0.05) is 6.08 Å². The molecule has 3 aromatic rings. The molecule has 0 aliphatic rings. The maximum Gasteiger partial charge on any atom is 0.180 e. The van der Waals surface area contributed by atoms with E-state index in [1.54, 1.807) is 31.6 Å². The Morgan fingerprint density at radius 2 is 1.94 bits per heavy atom. The van der Waals surface area contributed by atoms with Gasteiger partial charge in [0.05, 0.1) is 57.7 Å². The number of rotatable bonds is 13. The highest BCUT2D eigenvalue weighted by molar-refractivity contribution is 7.80. The van der Waals surface area contributed by atoms with Crippen molar-refractivity contribution in [3.63, 3.8) is 0 Å². The van der Waals surface area contributed by atoms with Gasteiger partial charge in [0.15, 0.2) is 10.8 Å². The number of anilines is 1. The van der Waals surface area contributed by atoms with Gasteiger partial charge in [0.2, 0.25) is 0 Å². The second-order valence-corrected chi connectivity index (χ2v) is 7.04. The average Bonchev–Trinajstić information content (AvgIpc) is 3.28. The molecule has 11 heteroatoms. The van der Waals surface area contributed by atoms with Crippen LogP contribution in [-0.4, -0.2) is 76.5 Å². The summed E-state index contributed by atoms with van der Waals surface area (Å²) in [5.74, 6) is 0.588. The van der Waals surface area contributed by atoms with Gasteiger partial charge in [-0.05, 0) is 24.4 Å². The van der Waals surface area contributed by atoms with E-state index in [4.69, 9.17) is 26.4 Å². The van der Waals surface area contributed by atoms with Crippen LogP contribution in [0.1, 0.15) is 0 Å². The Hall–Kier alpha value is -2.99. The monoisotopic (exact) mass is 457 g/mol. The molecule has 3 rings (SSSR count). The lowest BCUT2D eigenvalue weighted by molar-refractivity contribution is 0.0225. The molecule has 0 atom stereocenters. The van der Waals surface area contributed by atoms with Crippen LogP contribution in [0.2, 0.25) is 0 Å². The highest BCUT2D eigenvalue weighted by Gasteiger charge is 2.08. The highest BCUT2D eigenvalue weighted by atomic mass is 32.1. The summed E-state index contributed by atoms with van der Waals surface area (Å²) in [5, 5.41) is 10.9. The fourth-order valence-electron chi connectivity index (χ4n) is 2.67. The van der Waals surface area contributed by atoms with E-state index in [0.29, 0.717) is 73.9 Å². The maximum absolute atomic E-state index is 5.57. The zero-order chi connectivity index (χ0) is 22.6. The van der Waals surface area contributed by atoms with Crippen LogP contribution < -0.4 is 10.6 Å². The lowest BCUT2D eigenvalue weighted by atomic mass is 10.2. The first kappa shape index (κ1) is 23.7. The number of thiocarbonyl (C=S) groups is 1. The first-order chi connectivity index (χ1) is 15.7. The summed E-state index contributed by atoms with van der Waals surface area (Å²) in [7, 11) is 1.65. The van der Waals surface area contributed by atoms with Gasteiger partial charge in [-0.15, -0.1) is 6.58 Å². The number of pyridine rings is 1. The lowest BCUT2D eigenvalue weighted by Gasteiger charge is -2.08. The Bertz CT molecular complexity index is 1030. The molecule has 0 unspecified atom stereocenters. The van der Waals surface area contributed by atoms with Gasteiger partial charge < -0.3 is 24.8 Å². The van der Waals surface area contributed by atoms with Crippen LogP contribution in [0.25, 0.3) is 22.4 Å². The maximum atomic E-state index is 5.57. The van der Waals surface area contributed by atoms with E-state index in [-0.39, 0.29) is 0 Å². The fraction of sp³-hybridized carbons (Fsp3) is 0.381. The van der Waals surface area contributed by atoms with Crippen molar-refractivity contribution in [3.05, 3.63) is 43.4 Å². The molecule has 3 aromatic heterocycles. The van der Waals surface area contributed by atoms with Crippen LogP contribution in [0.5, 0.6) is 0 Å². The molecule has 0 saturated carbocycles. The number of aromatic nitrogens is 5. The first-order valence-corrected chi connectivity index (χ1v) is 10.6. The van der Waals surface area contributed by atoms with Crippen molar-refractivity contribution in [1.82, 2.24) is 30.0 Å². The molecule has 10 nitrogen and oxygen atoms in total. The highest BCUT2D eigenvalue weighted by Crippen LogP contribution is 2.19. The Morgan fingerprint density at radius 1 is 1.12 bits per heavy atom. The summed E-state index contributed by atoms with van der Waals surface area (Å²) < 4.78 is 17.7. The third kappa shape index (κ3) is 7.31. The van der Waals surface area contributed by atoms with Crippen LogP contribution in [-0.2, 0) is 20.8 Å². The Labute approximate surface area is 192 Å². The number of hydrogen-bond acceptors (Lipinski definition) is 8. The van der Waals surface area contributed by atoms with E-state index in [2.05, 4.69) is 37.3 Å². The molecule has 0 aromatic carbocycles. The van der Waals surface area contributed by atoms with Crippen molar-refractivity contribution < 1.29 is 14.2 Å². The van der Waals surface area contributed by atoms with Gasteiger partial charge in [-0.2, -0.15) is 5.10 Å². The molecule has 2 N–H and O–H groups in total. The summed E-state index contributed by atoms with van der Waals surface area (Å²) in [4.78, 5) is 13.6. The molecule has 0 radical (unpaired) electrons. The molecule has 0 aliphatic heterocycles. The summed E-state index contributed by atoms with van der Waals surface area (Å²) in [6.45, 7) is 7.61. The third-order valence-electron chi connectivity index (χ3n) is 4.25. The summed E-state index contributed by atoms with van der Waals surface area (Å²) in [5.41, 5.74) is 2.75. The number of nitrogens with zero attached hydrogens (tertiary/aromatic N) is 5. The van der Waals surface area contributed by atoms with E-state index in [1.807, 2.05) is 16.9 Å². The summed E-state index contributed by atoms with van der Waals surface area (Å²) in [6, 6.07) is 3.65. The predicted molar refractivity (Wildman–Crippen MR) is 126 cm³/mol. The van der Waals surface area contributed by atoms with Gasteiger partial charge in [0.25, 0.3) is 0 Å². The normalized spacial score (nSPS) is 10.9. The average molecular weight is 458 g/mol. The number of ether oxygens (including phenoxy) is 3. The standard InChI is InChI=1S/C21H27N7O3S/c1-3-6-22-21(32)27-19-5-4-17-20(26-19)25-18(14-23-17)16-13-24-28(15-16)7-8-30-11-12-31-10-9-29-2/h3-5,13-15H,1,6-12H2,2H3,(H2,22,25,26,27,32). The molecule has 0 aliphatic carbocycles. The van der Waals surface area contributed by atoms with E-state index in [1.165, 1.54) is 0 Å². The molecular weight excluding hydrogens is 430 g/mol. The molecule has 0 spiro atoms. The summed E-state index contributed by atoms with van der Waals surface area (Å²) in [6.07, 6.45) is 7.10. The van der Waals surface area contributed by atoms with Crippen molar-refractivity contribution in [2.45, 2.75) is 6.54 Å².